The number of carbonyl (C=O) groups is 1. The van der Waals surface area contributed by atoms with Crippen molar-refractivity contribution in [1.29, 1.82) is 0 Å². The summed E-state index contributed by atoms with van der Waals surface area (Å²) >= 11 is 0. The Bertz CT molecular complexity index is 1340. The van der Waals surface area contributed by atoms with Gasteiger partial charge in [-0.1, -0.05) is 36.4 Å². The molecule has 0 fully saturated rings. The van der Waals surface area contributed by atoms with E-state index in [2.05, 4.69) is 0 Å². The number of rotatable bonds is 5. The van der Waals surface area contributed by atoms with Gasteiger partial charge in [0.2, 0.25) is 9.84 Å². The zero-order valence-corrected chi connectivity index (χ0v) is 17.1. The van der Waals surface area contributed by atoms with Gasteiger partial charge in [-0.15, -0.1) is 0 Å². The van der Waals surface area contributed by atoms with E-state index in [1.54, 1.807) is 42.6 Å². The van der Waals surface area contributed by atoms with Crippen molar-refractivity contribution < 1.29 is 17.9 Å². The fraction of sp³-hybridized carbons (Fsp3) is 0.174. The number of aromatic nitrogens is 1. The topological polar surface area (TPSA) is 64.9 Å². The zero-order chi connectivity index (χ0) is 20.6. The van der Waals surface area contributed by atoms with Crippen LogP contribution in [-0.4, -0.2) is 25.4 Å². The average molecular weight is 407 g/mol. The summed E-state index contributed by atoms with van der Waals surface area (Å²) in [6.45, 7) is 3.78. The smallest absolute Gasteiger partial charge is 0.310 e. The predicted molar refractivity (Wildman–Crippen MR) is 112 cm³/mol. The van der Waals surface area contributed by atoms with E-state index in [1.807, 2.05) is 42.5 Å². The lowest BCUT2D eigenvalue weighted by molar-refractivity contribution is -0.142. The van der Waals surface area contributed by atoms with Crippen LogP contribution in [0.3, 0.4) is 0 Å². The summed E-state index contributed by atoms with van der Waals surface area (Å²) in [6.07, 6.45) is 1.74. The minimum Gasteiger partial charge on any atom is -0.466 e. The molecule has 4 aromatic rings. The fourth-order valence-corrected chi connectivity index (χ4v) is 5.42. The molecule has 0 unspecified atom stereocenters. The van der Waals surface area contributed by atoms with Gasteiger partial charge in [-0.3, -0.25) is 4.79 Å². The quantitative estimate of drug-likeness (QED) is 0.462. The summed E-state index contributed by atoms with van der Waals surface area (Å²) in [6, 6.07) is 18.2. The molecule has 2 aromatic heterocycles. The summed E-state index contributed by atoms with van der Waals surface area (Å²) in [5.41, 5.74) is 1.93. The molecular weight excluding hydrogens is 386 g/mol. The van der Waals surface area contributed by atoms with Crippen molar-refractivity contribution >= 4 is 32.1 Å². The number of hydrogen-bond acceptors (Lipinski definition) is 4. The molecule has 148 valence electrons. The first-order valence-electron chi connectivity index (χ1n) is 9.41. The van der Waals surface area contributed by atoms with Gasteiger partial charge in [0, 0.05) is 6.20 Å². The molecule has 0 aliphatic carbocycles. The number of ether oxygens (including phenoxy) is 1. The highest BCUT2D eigenvalue weighted by atomic mass is 32.2. The third-order valence-corrected chi connectivity index (χ3v) is 6.96. The maximum Gasteiger partial charge on any atom is 0.310 e. The van der Waals surface area contributed by atoms with Crippen molar-refractivity contribution in [3.05, 3.63) is 78.0 Å². The third-order valence-electron chi connectivity index (χ3n) is 5.07. The molecule has 4 rings (SSSR count). The monoisotopic (exact) mass is 407 g/mol. The van der Waals surface area contributed by atoms with Gasteiger partial charge >= 0.3 is 5.97 Å². The molecular formula is C23H21NO4S. The van der Waals surface area contributed by atoms with Crippen LogP contribution in [0, 0.1) is 6.92 Å². The maximum absolute atomic E-state index is 13.6. The molecule has 0 N–H and O–H groups in total. The number of esters is 1. The van der Waals surface area contributed by atoms with Crippen LogP contribution in [0.15, 0.2) is 76.8 Å². The van der Waals surface area contributed by atoms with Crippen molar-refractivity contribution in [3.63, 3.8) is 0 Å². The molecule has 2 heterocycles. The largest absolute Gasteiger partial charge is 0.466 e. The summed E-state index contributed by atoms with van der Waals surface area (Å²) < 4.78 is 33.9. The molecule has 0 saturated heterocycles. The van der Waals surface area contributed by atoms with Gasteiger partial charge in [-0.05, 0) is 60.0 Å². The molecule has 0 bridgehead atoms. The molecule has 0 amide bonds. The lowest BCUT2D eigenvalue weighted by atomic mass is 10.1. The molecule has 0 aliphatic rings. The van der Waals surface area contributed by atoms with Crippen molar-refractivity contribution in [2.75, 3.05) is 6.61 Å². The Morgan fingerprint density at radius 3 is 2.48 bits per heavy atom. The number of nitrogens with zero attached hydrogens (tertiary/aromatic N) is 1. The minimum absolute atomic E-state index is 0.0282. The second-order valence-electron chi connectivity index (χ2n) is 6.86. The molecule has 6 heteroatoms. The van der Waals surface area contributed by atoms with E-state index in [1.165, 1.54) is 0 Å². The number of benzene rings is 2. The lowest BCUT2D eigenvalue weighted by Crippen LogP contribution is -2.09. The second-order valence-corrected chi connectivity index (χ2v) is 8.72. The van der Waals surface area contributed by atoms with Gasteiger partial charge in [-0.25, -0.2) is 8.42 Å². The van der Waals surface area contributed by atoms with Gasteiger partial charge in [0.1, 0.15) is 5.03 Å². The summed E-state index contributed by atoms with van der Waals surface area (Å²) in [7, 11) is -3.80. The maximum atomic E-state index is 13.6. The van der Waals surface area contributed by atoms with Crippen molar-refractivity contribution in [3.8, 4) is 0 Å². The Hall–Kier alpha value is -3.12. The van der Waals surface area contributed by atoms with Gasteiger partial charge < -0.3 is 9.14 Å². The van der Waals surface area contributed by atoms with Gasteiger partial charge in [-0.2, -0.15) is 0 Å². The molecule has 29 heavy (non-hydrogen) atoms. The van der Waals surface area contributed by atoms with Crippen molar-refractivity contribution in [2.24, 2.45) is 0 Å². The zero-order valence-electron chi connectivity index (χ0n) is 16.3. The van der Waals surface area contributed by atoms with E-state index >= 15 is 0 Å². The van der Waals surface area contributed by atoms with E-state index in [9.17, 15) is 13.2 Å². The molecule has 0 atom stereocenters. The van der Waals surface area contributed by atoms with Crippen LogP contribution >= 0.6 is 0 Å². The van der Waals surface area contributed by atoms with Gasteiger partial charge in [0.05, 0.1) is 23.4 Å². The van der Waals surface area contributed by atoms with Crippen molar-refractivity contribution in [2.45, 2.75) is 30.2 Å². The van der Waals surface area contributed by atoms with Crippen molar-refractivity contribution in [1.82, 2.24) is 4.40 Å². The average Bonchev–Trinajstić information content (AvgIpc) is 3.00. The number of sulfone groups is 1. The van der Waals surface area contributed by atoms with Crippen LogP contribution in [0.25, 0.3) is 16.3 Å². The molecule has 0 radical (unpaired) electrons. The summed E-state index contributed by atoms with van der Waals surface area (Å²) in [4.78, 5) is 12.3. The first-order chi connectivity index (χ1) is 13.9. The Morgan fingerprint density at radius 2 is 1.72 bits per heavy atom. The minimum atomic E-state index is -3.80. The molecule has 0 aliphatic heterocycles. The van der Waals surface area contributed by atoms with Crippen LogP contribution in [0.5, 0.6) is 0 Å². The first kappa shape index (κ1) is 19.2. The SMILES string of the molecule is CCOC(=O)Cc1c(C)c(S(=O)(=O)c2ccc3ccccc3c2)n2ccccc12. The molecule has 5 nitrogen and oxygen atoms in total. The Morgan fingerprint density at radius 1 is 1.00 bits per heavy atom. The van der Waals surface area contributed by atoms with E-state index in [0.29, 0.717) is 16.6 Å². The van der Waals surface area contributed by atoms with E-state index < -0.39 is 9.84 Å². The fourth-order valence-electron chi connectivity index (χ4n) is 3.72. The summed E-state index contributed by atoms with van der Waals surface area (Å²) in [5, 5.41) is 2.02. The highest BCUT2D eigenvalue weighted by Crippen LogP contribution is 2.32. The van der Waals surface area contributed by atoms with E-state index in [0.717, 1.165) is 10.8 Å². The summed E-state index contributed by atoms with van der Waals surface area (Å²) in [5.74, 6) is -0.374. The van der Waals surface area contributed by atoms with Crippen LogP contribution in [0.4, 0.5) is 0 Å². The van der Waals surface area contributed by atoms with Gasteiger partial charge in [0.15, 0.2) is 0 Å². The molecule has 0 spiro atoms. The molecule has 0 saturated carbocycles. The number of fused-ring (bicyclic) bond motifs is 2. The Kier molecular flexibility index (Phi) is 4.88. The molecule has 2 aromatic carbocycles. The second kappa shape index (κ2) is 7.37. The van der Waals surface area contributed by atoms with E-state index in [4.69, 9.17) is 4.74 Å². The predicted octanol–water partition coefficient (Wildman–Crippen LogP) is 4.34. The normalized spacial score (nSPS) is 11.8. The number of hydrogen-bond donors (Lipinski definition) is 0. The number of pyridine rings is 1. The standard InChI is InChI=1S/C23H21NO4S/c1-3-28-22(25)15-20-16(2)23(24-13-7-6-10-21(20)24)29(26,27)19-12-11-17-8-4-5-9-18(17)14-19/h4-14H,3,15H2,1-2H3. The Balaban J connectivity index is 1.92. The van der Waals surface area contributed by atoms with E-state index in [-0.39, 0.29) is 28.9 Å². The van der Waals surface area contributed by atoms with Crippen LogP contribution in [0.1, 0.15) is 18.1 Å². The van der Waals surface area contributed by atoms with Crippen LogP contribution < -0.4 is 0 Å². The van der Waals surface area contributed by atoms with Crippen LogP contribution in [0.2, 0.25) is 0 Å². The van der Waals surface area contributed by atoms with Crippen LogP contribution in [-0.2, 0) is 25.8 Å². The number of carbonyl (C=O) groups excluding carboxylic acids is 1. The third kappa shape index (κ3) is 3.29. The Labute approximate surface area is 169 Å². The lowest BCUT2D eigenvalue weighted by Gasteiger charge is -2.08. The van der Waals surface area contributed by atoms with Gasteiger partial charge in [0.25, 0.3) is 0 Å². The highest BCUT2D eigenvalue weighted by molar-refractivity contribution is 7.91. The highest BCUT2D eigenvalue weighted by Gasteiger charge is 2.28. The first-order valence-corrected chi connectivity index (χ1v) is 10.9.